The summed E-state index contributed by atoms with van der Waals surface area (Å²) in [6, 6.07) is 7.17. The van der Waals surface area contributed by atoms with Crippen molar-refractivity contribution in [2.24, 2.45) is 0 Å². The zero-order valence-electron chi connectivity index (χ0n) is 12.9. The molecule has 4 nitrogen and oxygen atoms in total. The van der Waals surface area contributed by atoms with E-state index in [-0.39, 0.29) is 17.4 Å². The zero-order valence-corrected chi connectivity index (χ0v) is 12.9. The largest absolute Gasteiger partial charge is 0.459 e. The van der Waals surface area contributed by atoms with Crippen molar-refractivity contribution in [2.75, 3.05) is 5.32 Å². The Morgan fingerprint density at radius 2 is 1.58 bits per heavy atom. The number of esters is 1. The molecular formula is C17H14F3NO3. The van der Waals surface area contributed by atoms with Crippen LogP contribution in [0.1, 0.15) is 34.6 Å². The molecule has 0 fully saturated rings. The van der Waals surface area contributed by atoms with Crippen LogP contribution in [0.3, 0.4) is 0 Å². The lowest BCUT2D eigenvalue weighted by molar-refractivity contribution is 0.0378. The van der Waals surface area contributed by atoms with Crippen LogP contribution in [0.15, 0.2) is 36.4 Å². The van der Waals surface area contributed by atoms with Crippen LogP contribution in [0.5, 0.6) is 0 Å². The second-order valence-electron chi connectivity index (χ2n) is 5.21. The molecule has 0 radical (unpaired) electrons. The summed E-state index contributed by atoms with van der Waals surface area (Å²) in [4.78, 5) is 23.6. The van der Waals surface area contributed by atoms with Crippen LogP contribution in [0.2, 0.25) is 0 Å². The summed E-state index contributed by atoms with van der Waals surface area (Å²) in [7, 11) is 0. The first-order valence-electron chi connectivity index (χ1n) is 7.05. The Bertz CT molecular complexity index is 773. The maximum atomic E-state index is 13.6. The van der Waals surface area contributed by atoms with Crippen molar-refractivity contribution < 1.29 is 27.5 Å². The minimum atomic E-state index is -1.71. The van der Waals surface area contributed by atoms with Gasteiger partial charge in [-0.2, -0.15) is 0 Å². The highest BCUT2D eigenvalue weighted by atomic mass is 19.2. The van der Waals surface area contributed by atoms with Crippen molar-refractivity contribution in [1.29, 1.82) is 0 Å². The van der Waals surface area contributed by atoms with E-state index in [1.54, 1.807) is 13.8 Å². The van der Waals surface area contributed by atoms with Crippen LogP contribution in [0.4, 0.5) is 18.9 Å². The second kappa shape index (κ2) is 7.16. The van der Waals surface area contributed by atoms with Gasteiger partial charge in [0.25, 0.3) is 5.91 Å². The molecular weight excluding hydrogens is 323 g/mol. The molecule has 0 atom stereocenters. The second-order valence-corrected chi connectivity index (χ2v) is 5.21. The lowest BCUT2D eigenvalue weighted by atomic mass is 10.1. The molecule has 2 rings (SSSR count). The third kappa shape index (κ3) is 3.92. The maximum Gasteiger partial charge on any atom is 0.338 e. The highest BCUT2D eigenvalue weighted by molar-refractivity contribution is 6.04. The molecule has 126 valence electrons. The van der Waals surface area contributed by atoms with Crippen molar-refractivity contribution >= 4 is 17.6 Å². The van der Waals surface area contributed by atoms with Crippen LogP contribution >= 0.6 is 0 Å². The smallest absolute Gasteiger partial charge is 0.338 e. The number of ether oxygens (including phenoxy) is 1. The van der Waals surface area contributed by atoms with E-state index in [2.05, 4.69) is 5.32 Å². The van der Waals surface area contributed by atoms with E-state index < -0.39 is 34.9 Å². The van der Waals surface area contributed by atoms with Gasteiger partial charge in [0.1, 0.15) is 0 Å². The summed E-state index contributed by atoms with van der Waals surface area (Å²) in [5.41, 5.74) is -0.0943. The maximum absolute atomic E-state index is 13.6. The topological polar surface area (TPSA) is 55.4 Å². The number of halogens is 3. The van der Waals surface area contributed by atoms with Crippen molar-refractivity contribution in [1.82, 2.24) is 0 Å². The molecule has 0 heterocycles. The third-order valence-corrected chi connectivity index (χ3v) is 3.00. The number of carbonyl (C=O) groups is 2. The van der Waals surface area contributed by atoms with Crippen molar-refractivity contribution in [3.8, 4) is 0 Å². The van der Waals surface area contributed by atoms with Gasteiger partial charge in [-0.1, -0.05) is 0 Å². The van der Waals surface area contributed by atoms with Crippen LogP contribution in [0, 0.1) is 17.5 Å². The van der Waals surface area contributed by atoms with E-state index in [0.29, 0.717) is 6.07 Å². The van der Waals surface area contributed by atoms with Gasteiger partial charge >= 0.3 is 5.97 Å². The first-order chi connectivity index (χ1) is 11.3. The first kappa shape index (κ1) is 17.5. The van der Waals surface area contributed by atoms with Gasteiger partial charge in [0, 0.05) is 5.69 Å². The molecule has 24 heavy (non-hydrogen) atoms. The number of rotatable bonds is 4. The number of anilines is 1. The zero-order chi connectivity index (χ0) is 17.9. The number of hydrogen-bond donors (Lipinski definition) is 1. The van der Waals surface area contributed by atoms with Gasteiger partial charge < -0.3 is 10.1 Å². The predicted molar refractivity (Wildman–Crippen MR) is 81.3 cm³/mol. The molecule has 2 aromatic carbocycles. The Morgan fingerprint density at radius 1 is 0.958 bits per heavy atom. The van der Waals surface area contributed by atoms with Gasteiger partial charge in [-0.25, -0.2) is 18.0 Å². The fourth-order valence-electron chi connectivity index (χ4n) is 1.87. The average molecular weight is 337 g/mol. The Hall–Kier alpha value is -2.83. The molecule has 0 bridgehead atoms. The Balaban J connectivity index is 2.13. The summed E-state index contributed by atoms with van der Waals surface area (Å²) in [6.07, 6.45) is -0.270. The molecule has 1 N–H and O–H groups in total. The fraction of sp³-hybridized carbons (Fsp3) is 0.176. The molecule has 0 spiro atoms. The molecule has 2 aromatic rings. The Morgan fingerprint density at radius 3 is 2.17 bits per heavy atom. The number of benzene rings is 2. The lowest BCUT2D eigenvalue weighted by Gasteiger charge is -2.09. The molecule has 7 heteroatoms. The number of hydrogen-bond acceptors (Lipinski definition) is 3. The van der Waals surface area contributed by atoms with Gasteiger partial charge in [-0.15, -0.1) is 0 Å². The van der Waals surface area contributed by atoms with Gasteiger partial charge in [0.15, 0.2) is 17.5 Å². The molecule has 0 saturated carbocycles. The predicted octanol–water partition coefficient (Wildman–Crippen LogP) is 3.92. The van der Waals surface area contributed by atoms with Crippen LogP contribution in [0.25, 0.3) is 0 Å². The van der Waals surface area contributed by atoms with E-state index in [0.717, 1.165) is 6.07 Å². The van der Waals surface area contributed by atoms with Gasteiger partial charge in [0.2, 0.25) is 0 Å². The quantitative estimate of drug-likeness (QED) is 0.679. The van der Waals surface area contributed by atoms with E-state index in [4.69, 9.17) is 4.74 Å². The lowest BCUT2D eigenvalue weighted by Crippen LogP contribution is -2.15. The molecule has 0 aliphatic rings. The van der Waals surface area contributed by atoms with Crippen LogP contribution in [-0.2, 0) is 4.74 Å². The van der Waals surface area contributed by atoms with Gasteiger partial charge in [-0.3, -0.25) is 4.79 Å². The Kier molecular flexibility index (Phi) is 5.23. The summed E-state index contributed by atoms with van der Waals surface area (Å²) < 4.78 is 44.6. The summed E-state index contributed by atoms with van der Waals surface area (Å²) >= 11 is 0. The molecule has 0 aliphatic carbocycles. The van der Waals surface area contributed by atoms with Gasteiger partial charge in [-0.05, 0) is 50.2 Å². The minimum Gasteiger partial charge on any atom is -0.459 e. The highest BCUT2D eigenvalue weighted by Crippen LogP contribution is 2.18. The van der Waals surface area contributed by atoms with E-state index in [1.807, 2.05) is 0 Å². The molecule has 0 aliphatic heterocycles. The number of amides is 1. The van der Waals surface area contributed by atoms with E-state index in [1.165, 1.54) is 24.3 Å². The highest BCUT2D eigenvalue weighted by Gasteiger charge is 2.19. The Labute approximate surface area is 136 Å². The summed E-state index contributed by atoms with van der Waals surface area (Å²) in [6.45, 7) is 3.42. The fourth-order valence-corrected chi connectivity index (χ4v) is 1.87. The minimum absolute atomic E-state index is 0.255. The third-order valence-electron chi connectivity index (χ3n) is 3.00. The van der Waals surface area contributed by atoms with Crippen molar-refractivity contribution in [3.63, 3.8) is 0 Å². The molecule has 0 saturated heterocycles. The molecule has 1 amide bonds. The first-order valence-corrected chi connectivity index (χ1v) is 7.05. The monoisotopic (exact) mass is 337 g/mol. The van der Waals surface area contributed by atoms with E-state index in [9.17, 15) is 22.8 Å². The van der Waals surface area contributed by atoms with Crippen LogP contribution < -0.4 is 5.32 Å². The van der Waals surface area contributed by atoms with Crippen LogP contribution in [-0.4, -0.2) is 18.0 Å². The standard InChI is InChI=1S/C17H14F3NO3/c1-9(2)24-17(23)10-3-5-11(6-4-10)21-16(22)12-7-8-13(18)15(20)14(12)19/h3-9H,1-2H3,(H,21,22). The average Bonchev–Trinajstić information content (AvgIpc) is 2.52. The number of carbonyl (C=O) groups excluding carboxylic acids is 2. The molecule has 0 unspecified atom stereocenters. The summed E-state index contributed by atoms with van der Waals surface area (Å²) in [5.74, 6) is -6.12. The number of nitrogens with one attached hydrogen (secondary N) is 1. The summed E-state index contributed by atoms with van der Waals surface area (Å²) in [5, 5.41) is 2.33. The SMILES string of the molecule is CC(C)OC(=O)c1ccc(NC(=O)c2ccc(F)c(F)c2F)cc1. The van der Waals surface area contributed by atoms with E-state index >= 15 is 0 Å². The normalized spacial score (nSPS) is 10.6. The van der Waals surface area contributed by atoms with Gasteiger partial charge in [0.05, 0.1) is 17.2 Å². The van der Waals surface area contributed by atoms with Crippen molar-refractivity contribution in [3.05, 3.63) is 65.0 Å². The van der Waals surface area contributed by atoms with Crippen molar-refractivity contribution in [2.45, 2.75) is 20.0 Å². The molecule has 0 aromatic heterocycles.